The molecule has 1 aromatic carbocycles. The summed E-state index contributed by atoms with van der Waals surface area (Å²) < 4.78 is 4.76. The van der Waals surface area contributed by atoms with E-state index in [0.717, 1.165) is 25.7 Å². The monoisotopic (exact) mass is 278 g/mol. The number of nitro groups is 1. The maximum Gasteiger partial charge on any atom is 0.338 e. The highest BCUT2D eigenvalue weighted by Gasteiger charge is 2.42. The van der Waals surface area contributed by atoms with E-state index in [-0.39, 0.29) is 11.3 Å². The largest absolute Gasteiger partial charge is 0.465 e. The van der Waals surface area contributed by atoms with Crippen molar-refractivity contribution in [1.29, 1.82) is 0 Å². The van der Waals surface area contributed by atoms with E-state index >= 15 is 0 Å². The van der Waals surface area contributed by atoms with E-state index in [0.29, 0.717) is 12.1 Å². The summed E-state index contributed by atoms with van der Waals surface area (Å²) in [4.78, 5) is 22.8. The van der Waals surface area contributed by atoms with Gasteiger partial charge in [0.05, 0.1) is 23.2 Å². The summed E-state index contributed by atoms with van der Waals surface area (Å²) in [7, 11) is 1.27. The summed E-state index contributed by atoms with van der Waals surface area (Å²) in [6.07, 6.45) is 3.45. The number of ether oxygens (including phenoxy) is 1. The molecule has 6 heteroatoms. The predicted octanol–water partition coefficient (Wildman–Crippen LogP) is 2.15. The third kappa shape index (κ3) is 2.27. The Labute approximate surface area is 117 Å². The first-order valence-corrected chi connectivity index (χ1v) is 6.62. The Kier molecular flexibility index (Phi) is 4.04. The van der Waals surface area contributed by atoms with Crippen molar-refractivity contribution in [3.63, 3.8) is 0 Å². The maximum absolute atomic E-state index is 11.9. The topological polar surface area (TPSA) is 95.5 Å². The number of carbonyl (C=O) groups is 1. The molecule has 20 heavy (non-hydrogen) atoms. The molecular formula is C14H18N2O4. The molecule has 0 saturated heterocycles. The fourth-order valence-electron chi connectivity index (χ4n) is 3.14. The lowest BCUT2D eigenvalue weighted by Crippen LogP contribution is -2.34. The van der Waals surface area contributed by atoms with Gasteiger partial charge in [-0.2, -0.15) is 0 Å². The van der Waals surface area contributed by atoms with Gasteiger partial charge in [-0.1, -0.05) is 18.9 Å². The van der Waals surface area contributed by atoms with Crippen molar-refractivity contribution in [2.24, 2.45) is 5.73 Å². The van der Waals surface area contributed by atoms with Crippen LogP contribution in [0.2, 0.25) is 0 Å². The second-order valence-corrected chi connectivity index (χ2v) is 5.14. The molecule has 1 aromatic rings. The highest BCUT2D eigenvalue weighted by atomic mass is 16.6. The third-order valence-corrected chi connectivity index (χ3v) is 4.13. The van der Waals surface area contributed by atoms with Crippen molar-refractivity contribution in [2.45, 2.75) is 31.1 Å². The lowest BCUT2D eigenvalue weighted by Gasteiger charge is -2.29. The van der Waals surface area contributed by atoms with Crippen LogP contribution in [-0.4, -0.2) is 24.5 Å². The van der Waals surface area contributed by atoms with Crippen LogP contribution in [-0.2, 0) is 10.2 Å². The van der Waals surface area contributed by atoms with Crippen LogP contribution in [0.15, 0.2) is 18.2 Å². The predicted molar refractivity (Wildman–Crippen MR) is 73.6 cm³/mol. The van der Waals surface area contributed by atoms with Gasteiger partial charge in [0, 0.05) is 18.0 Å². The van der Waals surface area contributed by atoms with Crippen molar-refractivity contribution >= 4 is 11.7 Å². The van der Waals surface area contributed by atoms with Crippen LogP contribution in [0.25, 0.3) is 0 Å². The maximum atomic E-state index is 11.9. The van der Waals surface area contributed by atoms with Gasteiger partial charge in [-0.3, -0.25) is 10.1 Å². The Bertz CT molecular complexity index is 536. The van der Waals surface area contributed by atoms with Gasteiger partial charge in [-0.05, 0) is 18.9 Å². The van der Waals surface area contributed by atoms with Crippen molar-refractivity contribution < 1.29 is 14.5 Å². The van der Waals surface area contributed by atoms with Crippen molar-refractivity contribution in [3.8, 4) is 0 Å². The molecule has 2 rings (SSSR count). The van der Waals surface area contributed by atoms with Crippen LogP contribution in [0.4, 0.5) is 5.69 Å². The lowest BCUT2D eigenvalue weighted by molar-refractivity contribution is -0.386. The fourth-order valence-corrected chi connectivity index (χ4v) is 3.14. The average molecular weight is 278 g/mol. The average Bonchev–Trinajstić information content (AvgIpc) is 2.95. The zero-order valence-corrected chi connectivity index (χ0v) is 11.4. The van der Waals surface area contributed by atoms with E-state index in [1.54, 1.807) is 6.07 Å². The Hall–Kier alpha value is -1.95. The van der Waals surface area contributed by atoms with Crippen LogP contribution < -0.4 is 5.73 Å². The van der Waals surface area contributed by atoms with Crippen LogP contribution in [0.3, 0.4) is 0 Å². The third-order valence-electron chi connectivity index (χ3n) is 4.13. The minimum atomic E-state index is -0.552. The highest BCUT2D eigenvalue weighted by molar-refractivity contribution is 5.93. The van der Waals surface area contributed by atoms with Gasteiger partial charge in [-0.25, -0.2) is 4.79 Å². The second-order valence-electron chi connectivity index (χ2n) is 5.14. The van der Waals surface area contributed by atoms with E-state index < -0.39 is 16.3 Å². The van der Waals surface area contributed by atoms with E-state index in [9.17, 15) is 14.9 Å². The minimum absolute atomic E-state index is 0.0414. The van der Waals surface area contributed by atoms with Gasteiger partial charge < -0.3 is 10.5 Å². The minimum Gasteiger partial charge on any atom is -0.465 e. The van der Waals surface area contributed by atoms with Crippen LogP contribution in [0.1, 0.15) is 41.6 Å². The SMILES string of the molecule is COC(=O)c1cccc([N+](=O)[O-])c1C1(CN)CCCC1. The second kappa shape index (κ2) is 5.58. The summed E-state index contributed by atoms with van der Waals surface area (Å²) in [6, 6.07) is 4.51. The normalized spacial score (nSPS) is 16.9. The quantitative estimate of drug-likeness (QED) is 0.517. The number of nitrogens with zero attached hydrogens (tertiary/aromatic N) is 1. The van der Waals surface area contributed by atoms with Gasteiger partial charge in [0.2, 0.25) is 0 Å². The van der Waals surface area contributed by atoms with E-state index in [1.165, 1.54) is 19.2 Å². The molecular weight excluding hydrogens is 260 g/mol. The molecule has 0 spiro atoms. The molecule has 1 aliphatic carbocycles. The van der Waals surface area contributed by atoms with E-state index in [1.807, 2.05) is 0 Å². The number of esters is 1. The van der Waals surface area contributed by atoms with Crippen molar-refractivity contribution in [1.82, 2.24) is 0 Å². The molecule has 0 atom stereocenters. The first kappa shape index (κ1) is 14.5. The molecule has 0 radical (unpaired) electrons. The molecule has 2 N–H and O–H groups in total. The fraction of sp³-hybridized carbons (Fsp3) is 0.500. The molecule has 108 valence electrons. The Balaban J connectivity index is 2.69. The smallest absolute Gasteiger partial charge is 0.338 e. The molecule has 0 bridgehead atoms. The number of methoxy groups -OCH3 is 1. The summed E-state index contributed by atoms with van der Waals surface area (Å²) in [5.41, 5.74) is 6.07. The van der Waals surface area contributed by atoms with E-state index in [2.05, 4.69) is 0 Å². The number of rotatable bonds is 4. The first-order valence-electron chi connectivity index (χ1n) is 6.62. The lowest BCUT2D eigenvalue weighted by atomic mass is 9.75. The van der Waals surface area contributed by atoms with Gasteiger partial charge >= 0.3 is 5.97 Å². The molecule has 0 unspecified atom stereocenters. The zero-order chi connectivity index (χ0) is 14.8. The summed E-state index contributed by atoms with van der Waals surface area (Å²) >= 11 is 0. The Morgan fingerprint density at radius 1 is 1.45 bits per heavy atom. The van der Waals surface area contributed by atoms with Crippen LogP contribution in [0, 0.1) is 10.1 Å². The first-order chi connectivity index (χ1) is 9.55. The number of nitro benzene ring substituents is 1. The van der Waals surface area contributed by atoms with Crippen molar-refractivity contribution in [3.05, 3.63) is 39.4 Å². The van der Waals surface area contributed by atoms with E-state index in [4.69, 9.17) is 10.5 Å². The molecule has 1 aliphatic rings. The number of hydrogen-bond acceptors (Lipinski definition) is 5. The number of benzene rings is 1. The number of hydrogen-bond donors (Lipinski definition) is 1. The Morgan fingerprint density at radius 3 is 2.60 bits per heavy atom. The molecule has 0 heterocycles. The molecule has 6 nitrogen and oxygen atoms in total. The molecule has 1 saturated carbocycles. The number of carbonyl (C=O) groups excluding carboxylic acids is 1. The van der Waals surface area contributed by atoms with Crippen LogP contribution in [0.5, 0.6) is 0 Å². The van der Waals surface area contributed by atoms with Gasteiger partial charge in [-0.15, -0.1) is 0 Å². The summed E-state index contributed by atoms with van der Waals surface area (Å²) in [5, 5.41) is 11.3. The molecule has 0 aromatic heterocycles. The molecule has 0 amide bonds. The number of nitrogens with two attached hydrogens (primary N) is 1. The van der Waals surface area contributed by atoms with Crippen LogP contribution >= 0.6 is 0 Å². The Morgan fingerprint density at radius 2 is 2.10 bits per heavy atom. The van der Waals surface area contributed by atoms with Gasteiger partial charge in [0.25, 0.3) is 5.69 Å². The van der Waals surface area contributed by atoms with Gasteiger partial charge in [0.1, 0.15) is 0 Å². The summed E-state index contributed by atoms with van der Waals surface area (Å²) in [5.74, 6) is -0.552. The summed E-state index contributed by atoms with van der Waals surface area (Å²) in [6.45, 7) is 0.293. The molecule has 0 aliphatic heterocycles. The standard InChI is InChI=1S/C14H18N2O4/c1-20-13(17)10-5-4-6-11(16(18)19)12(10)14(9-15)7-2-3-8-14/h4-6H,2-3,7-9,15H2,1H3. The zero-order valence-electron chi connectivity index (χ0n) is 11.4. The van der Waals surface area contributed by atoms with Gasteiger partial charge in [0.15, 0.2) is 0 Å². The highest BCUT2D eigenvalue weighted by Crippen LogP contribution is 2.45. The van der Waals surface area contributed by atoms with Crippen molar-refractivity contribution in [2.75, 3.05) is 13.7 Å². The molecule has 1 fully saturated rings.